The smallest absolute Gasteiger partial charge is 0.328 e. The Balaban J connectivity index is 2.44. The number of carboxylic acids is 1. The highest BCUT2D eigenvalue weighted by Crippen LogP contribution is 2.24. The van der Waals surface area contributed by atoms with Crippen LogP contribution >= 0.6 is 0 Å². The van der Waals surface area contributed by atoms with Gasteiger partial charge in [0.05, 0.1) is 6.10 Å². The summed E-state index contributed by atoms with van der Waals surface area (Å²) in [5.74, 6) is -1.01. The molecule has 20 heavy (non-hydrogen) atoms. The molecule has 1 aliphatic rings. The van der Waals surface area contributed by atoms with Crippen LogP contribution in [0.15, 0.2) is 0 Å². The lowest BCUT2D eigenvalue weighted by Gasteiger charge is -2.26. The van der Waals surface area contributed by atoms with Crippen LogP contribution in [0.1, 0.15) is 52.9 Å². The summed E-state index contributed by atoms with van der Waals surface area (Å²) in [6.07, 6.45) is 5.54. The lowest BCUT2D eigenvalue weighted by atomic mass is 9.90. The third-order valence-electron chi connectivity index (χ3n) is 3.88. The van der Waals surface area contributed by atoms with Crippen molar-refractivity contribution in [3.8, 4) is 0 Å². The summed E-state index contributed by atoms with van der Waals surface area (Å²) in [4.78, 5) is 22.9. The second-order valence-electron chi connectivity index (χ2n) is 6.02. The number of ether oxygens (including phenoxy) is 1. The van der Waals surface area contributed by atoms with Crippen LogP contribution in [-0.4, -0.2) is 35.7 Å². The van der Waals surface area contributed by atoms with Crippen LogP contribution in [-0.2, 0) is 14.3 Å². The molecule has 1 amide bonds. The maximum absolute atomic E-state index is 11.6. The van der Waals surface area contributed by atoms with E-state index in [1.165, 1.54) is 19.3 Å². The highest BCUT2D eigenvalue weighted by Gasteiger charge is 2.28. The van der Waals surface area contributed by atoms with Gasteiger partial charge in [-0.3, -0.25) is 4.79 Å². The second-order valence-corrected chi connectivity index (χ2v) is 6.02. The summed E-state index contributed by atoms with van der Waals surface area (Å²) in [7, 11) is 0. The molecule has 0 aromatic heterocycles. The van der Waals surface area contributed by atoms with Gasteiger partial charge in [0.1, 0.15) is 0 Å². The van der Waals surface area contributed by atoms with Crippen molar-refractivity contribution >= 4 is 11.9 Å². The molecule has 0 spiro atoms. The molecule has 5 heteroatoms. The highest BCUT2D eigenvalue weighted by molar-refractivity contribution is 5.84. The number of hydrogen-bond acceptors (Lipinski definition) is 3. The molecular weight excluding hydrogens is 258 g/mol. The maximum atomic E-state index is 11.6. The molecule has 0 aromatic carbocycles. The summed E-state index contributed by atoms with van der Waals surface area (Å²) in [5.41, 5.74) is 0. The molecule has 0 radical (unpaired) electrons. The molecule has 5 nitrogen and oxygen atoms in total. The Bertz CT molecular complexity index is 324. The first-order chi connectivity index (χ1) is 9.41. The molecule has 0 aromatic rings. The average molecular weight is 285 g/mol. The Morgan fingerprint density at radius 1 is 1.20 bits per heavy atom. The zero-order chi connectivity index (χ0) is 15.1. The van der Waals surface area contributed by atoms with Gasteiger partial charge in [0.2, 0.25) is 5.91 Å². The molecule has 0 saturated heterocycles. The number of carboxylic acid groups (broad SMARTS) is 1. The number of carbonyl (C=O) groups excluding carboxylic acids is 1. The topological polar surface area (TPSA) is 75.6 Å². The van der Waals surface area contributed by atoms with Crippen LogP contribution in [0.3, 0.4) is 0 Å². The predicted octanol–water partition coefficient (Wildman–Crippen LogP) is 2.20. The average Bonchev–Trinajstić information content (AvgIpc) is 2.42. The summed E-state index contributed by atoms with van der Waals surface area (Å²) in [5, 5.41) is 11.8. The van der Waals surface area contributed by atoms with E-state index in [0.29, 0.717) is 12.5 Å². The summed E-state index contributed by atoms with van der Waals surface area (Å²) >= 11 is 0. The van der Waals surface area contributed by atoms with Crippen molar-refractivity contribution in [2.75, 3.05) is 6.61 Å². The van der Waals surface area contributed by atoms with E-state index < -0.39 is 18.1 Å². The number of carbonyl (C=O) groups is 2. The van der Waals surface area contributed by atoms with Gasteiger partial charge < -0.3 is 15.2 Å². The van der Waals surface area contributed by atoms with Gasteiger partial charge in [-0.2, -0.15) is 0 Å². The first-order valence-corrected chi connectivity index (χ1v) is 7.56. The van der Waals surface area contributed by atoms with Gasteiger partial charge >= 0.3 is 5.97 Å². The van der Waals surface area contributed by atoms with Crippen molar-refractivity contribution in [1.29, 1.82) is 0 Å². The summed E-state index contributed by atoms with van der Waals surface area (Å²) in [6.45, 7) is 5.77. The molecule has 0 bridgehead atoms. The standard InChI is InChI=1S/C15H27NO4/c1-10(2)14(17)16-13(15(18)19)11(3)20-9-12-7-5-4-6-8-12/h10-13H,4-9H2,1-3H3,(H,16,17)(H,18,19). The van der Waals surface area contributed by atoms with E-state index in [2.05, 4.69) is 5.32 Å². The van der Waals surface area contributed by atoms with Crippen LogP contribution in [0.4, 0.5) is 0 Å². The van der Waals surface area contributed by atoms with E-state index in [0.717, 1.165) is 12.8 Å². The summed E-state index contributed by atoms with van der Waals surface area (Å²) in [6, 6.07) is -0.978. The lowest BCUT2D eigenvalue weighted by molar-refractivity contribution is -0.147. The first kappa shape index (κ1) is 17.0. The summed E-state index contributed by atoms with van der Waals surface area (Å²) < 4.78 is 5.69. The van der Waals surface area contributed by atoms with Gasteiger partial charge in [0, 0.05) is 12.5 Å². The molecule has 1 saturated carbocycles. The van der Waals surface area contributed by atoms with Crippen molar-refractivity contribution in [2.45, 2.75) is 65.0 Å². The lowest BCUT2D eigenvalue weighted by Crippen LogP contribution is -2.50. The molecule has 2 N–H and O–H groups in total. The fraction of sp³-hybridized carbons (Fsp3) is 0.867. The molecule has 1 fully saturated rings. The van der Waals surface area contributed by atoms with Crippen LogP contribution < -0.4 is 5.32 Å². The van der Waals surface area contributed by atoms with E-state index in [-0.39, 0.29) is 11.8 Å². The van der Waals surface area contributed by atoms with Crippen LogP contribution in [0, 0.1) is 11.8 Å². The quantitative estimate of drug-likeness (QED) is 0.752. The predicted molar refractivity (Wildman–Crippen MR) is 76.4 cm³/mol. The maximum Gasteiger partial charge on any atom is 0.328 e. The van der Waals surface area contributed by atoms with E-state index in [9.17, 15) is 14.7 Å². The van der Waals surface area contributed by atoms with Crippen LogP contribution in [0.2, 0.25) is 0 Å². The van der Waals surface area contributed by atoms with E-state index in [1.807, 2.05) is 0 Å². The van der Waals surface area contributed by atoms with E-state index in [1.54, 1.807) is 20.8 Å². The Morgan fingerprint density at radius 2 is 1.80 bits per heavy atom. The van der Waals surface area contributed by atoms with Gasteiger partial charge in [-0.05, 0) is 25.7 Å². The Morgan fingerprint density at radius 3 is 2.30 bits per heavy atom. The SMILES string of the molecule is CC(C)C(=O)NC(C(=O)O)C(C)OCC1CCCCC1. The molecule has 2 unspecified atom stereocenters. The number of amides is 1. The minimum absolute atomic E-state index is 0.234. The van der Waals surface area contributed by atoms with Gasteiger partial charge in [0.15, 0.2) is 6.04 Å². The molecular formula is C15H27NO4. The van der Waals surface area contributed by atoms with Gasteiger partial charge in [-0.15, -0.1) is 0 Å². The molecule has 0 heterocycles. The zero-order valence-electron chi connectivity index (χ0n) is 12.7. The highest BCUT2D eigenvalue weighted by atomic mass is 16.5. The number of nitrogens with one attached hydrogen (secondary N) is 1. The third-order valence-corrected chi connectivity index (χ3v) is 3.88. The van der Waals surface area contributed by atoms with Gasteiger partial charge in [0.25, 0.3) is 0 Å². The van der Waals surface area contributed by atoms with Crippen molar-refractivity contribution < 1.29 is 19.4 Å². The normalized spacial score (nSPS) is 19.6. The molecule has 2 atom stereocenters. The van der Waals surface area contributed by atoms with E-state index >= 15 is 0 Å². The minimum Gasteiger partial charge on any atom is -0.480 e. The van der Waals surface area contributed by atoms with Crippen LogP contribution in [0.5, 0.6) is 0 Å². The molecule has 1 rings (SSSR count). The Hall–Kier alpha value is -1.10. The molecule has 116 valence electrons. The molecule has 0 aliphatic heterocycles. The fourth-order valence-electron chi connectivity index (χ4n) is 2.44. The number of hydrogen-bond donors (Lipinski definition) is 2. The fourth-order valence-corrected chi connectivity index (χ4v) is 2.44. The van der Waals surface area contributed by atoms with Crippen LogP contribution in [0.25, 0.3) is 0 Å². The third kappa shape index (κ3) is 5.49. The minimum atomic E-state index is -1.05. The second kappa shape index (κ2) is 8.25. The Labute approximate surface area is 121 Å². The van der Waals surface area contributed by atoms with Crippen molar-refractivity contribution in [3.63, 3.8) is 0 Å². The Kier molecular flexibility index (Phi) is 6.99. The van der Waals surface area contributed by atoms with Crippen molar-refractivity contribution in [2.24, 2.45) is 11.8 Å². The number of aliphatic carboxylic acids is 1. The largest absolute Gasteiger partial charge is 0.480 e. The van der Waals surface area contributed by atoms with Gasteiger partial charge in [-0.25, -0.2) is 4.79 Å². The number of rotatable bonds is 7. The zero-order valence-corrected chi connectivity index (χ0v) is 12.7. The first-order valence-electron chi connectivity index (χ1n) is 7.56. The van der Waals surface area contributed by atoms with E-state index in [4.69, 9.17) is 4.74 Å². The van der Waals surface area contributed by atoms with Crippen molar-refractivity contribution in [3.05, 3.63) is 0 Å². The van der Waals surface area contributed by atoms with Crippen molar-refractivity contribution in [1.82, 2.24) is 5.32 Å². The molecule has 1 aliphatic carbocycles. The van der Waals surface area contributed by atoms with Gasteiger partial charge in [-0.1, -0.05) is 33.1 Å². The monoisotopic (exact) mass is 285 g/mol.